The number of likely N-dealkylation sites (tertiary alicyclic amines) is 1. The van der Waals surface area contributed by atoms with Crippen LogP contribution in [-0.2, 0) is 4.79 Å². The predicted octanol–water partition coefficient (Wildman–Crippen LogP) is 2.33. The van der Waals surface area contributed by atoms with Gasteiger partial charge >= 0.3 is 0 Å². The maximum Gasteiger partial charge on any atom is 0.239 e. The van der Waals surface area contributed by atoms with Gasteiger partial charge in [0.1, 0.15) is 11.9 Å². The Balaban J connectivity index is 2.24. The zero-order chi connectivity index (χ0) is 14.0. The average Bonchev–Trinajstić information content (AvgIpc) is 2.30. The minimum Gasteiger partial charge on any atom is -0.368 e. The van der Waals surface area contributed by atoms with Crippen LogP contribution < -0.4 is 5.73 Å². The number of hydrogen-bond donors (Lipinski definition) is 1. The number of hydrogen-bond acceptors (Lipinski definition) is 2. The molecule has 1 aliphatic heterocycles. The van der Waals surface area contributed by atoms with E-state index in [1.165, 1.54) is 18.6 Å². The first-order chi connectivity index (χ1) is 8.97. The molecule has 2 rings (SSSR count). The average molecular weight is 264 g/mol. The first-order valence-electron chi connectivity index (χ1n) is 6.76. The van der Waals surface area contributed by atoms with Crippen molar-refractivity contribution < 1.29 is 9.18 Å². The van der Waals surface area contributed by atoms with Gasteiger partial charge in [-0.25, -0.2) is 4.39 Å². The predicted molar refractivity (Wildman–Crippen MR) is 72.9 cm³/mol. The van der Waals surface area contributed by atoms with Crippen molar-refractivity contribution in [1.82, 2.24) is 4.90 Å². The van der Waals surface area contributed by atoms with E-state index in [0.29, 0.717) is 11.8 Å². The number of carbonyl (C=O) groups is 1. The molecule has 1 amide bonds. The Morgan fingerprint density at radius 2 is 1.79 bits per heavy atom. The van der Waals surface area contributed by atoms with Crippen molar-refractivity contribution in [2.75, 3.05) is 13.1 Å². The van der Waals surface area contributed by atoms with Crippen molar-refractivity contribution in [3.05, 3.63) is 35.6 Å². The Morgan fingerprint density at radius 1 is 1.26 bits per heavy atom. The van der Waals surface area contributed by atoms with Crippen molar-refractivity contribution >= 4 is 5.91 Å². The number of primary amides is 1. The topological polar surface area (TPSA) is 46.3 Å². The number of halogens is 1. The molecule has 4 heteroatoms. The van der Waals surface area contributed by atoms with Gasteiger partial charge in [0.25, 0.3) is 0 Å². The molecule has 0 aliphatic carbocycles. The van der Waals surface area contributed by atoms with Crippen molar-refractivity contribution in [3.63, 3.8) is 0 Å². The highest BCUT2D eigenvalue weighted by Crippen LogP contribution is 2.29. The lowest BCUT2D eigenvalue weighted by Crippen LogP contribution is -2.45. The van der Waals surface area contributed by atoms with Gasteiger partial charge in [0, 0.05) is 13.1 Å². The number of benzene rings is 1. The highest BCUT2D eigenvalue weighted by molar-refractivity contribution is 5.81. The molecule has 3 nitrogen and oxygen atoms in total. The summed E-state index contributed by atoms with van der Waals surface area (Å²) in [5.41, 5.74) is 6.33. The summed E-state index contributed by atoms with van der Waals surface area (Å²) in [5.74, 6) is 0.428. The molecule has 1 fully saturated rings. The standard InChI is InChI=1S/C15H21FN2O/c1-10-7-11(2)9-18(8-10)14(15(17)19)12-3-5-13(16)6-4-12/h3-6,10-11,14H,7-9H2,1-2H3,(H2,17,19)/t10-,11+,14-/m1/s1. The van der Waals surface area contributed by atoms with Crippen LogP contribution in [0.25, 0.3) is 0 Å². The molecule has 0 unspecified atom stereocenters. The van der Waals surface area contributed by atoms with Crippen molar-refractivity contribution in [3.8, 4) is 0 Å². The molecular weight excluding hydrogens is 243 g/mol. The van der Waals surface area contributed by atoms with Gasteiger partial charge in [0.05, 0.1) is 0 Å². The lowest BCUT2D eigenvalue weighted by Gasteiger charge is -2.39. The molecule has 0 spiro atoms. The molecule has 0 saturated carbocycles. The van der Waals surface area contributed by atoms with Crippen LogP contribution in [0.3, 0.4) is 0 Å². The van der Waals surface area contributed by atoms with Gasteiger partial charge in [-0.05, 0) is 36.0 Å². The van der Waals surface area contributed by atoms with E-state index in [2.05, 4.69) is 18.7 Å². The molecule has 2 N–H and O–H groups in total. The summed E-state index contributed by atoms with van der Waals surface area (Å²) in [6.07, 6.45) is 1.17. The molecular formula is C15H21FN2O. The lowest BCUT2D eigenvalue weighted by molar-refractivity contribution is -0.124. The Kier molecular flexibility index (Phi) is 4.20. The minimum atomic E-state index is -0.453. The Morgan fingerprint density at radius 3 is 2.26 bits per heavy atom. The molecule has 0 aromatic heterocycles. The summed E-state index contributed by atoms with van der Waals surface area (Å²) < 4.78 is 13.0. The third-order valence-corrected chi connectivity index (χ3v) is 3.72. The quantitative estimate of drug-likeness (QED) is 0.910. The maximum atomic E-state index is 13.0. The molecule has 19 heavy (non-hydrogen) atoms. The zero-order valence-corrected chi connectivity index (χ0v) is 11.5. The van der Waals surface area contributed by atoms with Gasteiger partial charge in [-0.15, -0.1) is 0 Å². The van der Waals surface area contributed by atoms with Crippen LogP contribution in [0.2, 0.25) is 0 Å². The monoisotopic (exact) mass is 264 g/mol. The smallest absolute Gasteiger partial charge is 0.239 e. The van der Waals surface area contributed by atoms with E-state index in [0.717, 1.165) is 18.7 Å². The number of nitrogens with two attached hydrogens (primary N) is 1. The number of rotatable bonds is 3. The van der Waals surface area contributed by atoms with Crippen molar-refractivity contribution in [2.45, 2.75) is 26.3 Å². The summed E-state index contributed by atoms with van der Waals surface area (Å²) in [4.78, 5) is 13.9. The Labute approximate surface area is 113 Å². The molecule has 1 aromatic rings. The van der Waals surface area contributed by atoms with Gasteiger partial charge in [0.2, 0.25) is 5.91 Å². The van der Waals surface area contributed by atoms with Crippen molar-refractivity contribution in [2.24, 2.45) is 17.6 Å². The molecule has 1 aliphatic rings. The van der Waals surface area contributed by atoms with Crippen LogP contribution in [0.4, 0.5) is 4.39 Å². The second kappa shape index (κ2) is 5.70. The largest absolute Gasteiger partial charge is 0.368 e. The number of nitrogens with zero attached hydrogens (tertiary/aromatic N) is 1. The molecule has 1 saturated heterocycles. The van der Waals surface area contributed by atoms with Gasteiger partial charge in [0.15, 0.2) is 0 Å². The lowest BCUT2D eigenvalue weighted by atomic mass is 9.89. The highest BCUT2D eigenvalue weighted by Gasteiger charge is 2.31. The van der Waals surface area contributed by atoms with E-state index in [1.54, 1.807) is 12.1 Å². The van der Waals surface area contributed by atoms with E-state index >= 15 is 0 Å². The van der Waals surface area contributed by atoms with Crippen LogP contribution in [0.1, 0.15) is 31.9 Å². The molecule has 3 atom stereocenters. The van der Waals surface area contributed by atoms with Crippen LogP contribution in [0.15, 0.2) is 24.3 Å². The normalized spacial score (nSPS) is 26.1. The summed E-state index contributed by atoms with van der Waals surface area (Å²) in [5, 5.41) is 0. The summed E-state index contributed by atoms with van der Waals surface area (Å²) in [6.45, 7) is 6.08. The molecule has 104 valence electrons. The molecule has 1 aromatic carbocycles. The number of amides is 1. The van der Waals surface area contributed by atoms with Gasteiger partial charge < -0.3 is 5.73 Å². The van der Waals surface area contributed by atoms with Crippen LogP contribution >= 0.6 is 0 Å². The van der Waals surface area contributed by atoms with Crippen molar-refractivity contribution in [1.29, 1.82) is 0 Å². The summed E-state index contributed by atoms with van der Waals surface area (Å²) in [7, 11) is 0. The first-order valence-corrected chi connectivity index (χ1v) is 6.76. The third kappa shape index (κ3) is 3.32. The fourth-order valence-corrected chi connectivity index (χ4v) is 3.12. The second-order valence-electron chi connectivity index (χ2n) is 5.76. The van der Waals surface area contributed by atoms with E-state index in [9.17, 15) is 9.18 Å². The van der Waals surface area contributed by atoms with Gasteiger partial charge in [-0.3, -0.25) is 9.69 Å². The summed E-state index contributed by atoms with van der Waals surface area (Å²) in [6, 6.07) is 5.60. The zero-order valence-electron chi connectivity index (χ0n) is 11.5. The maximum absolute atomic E-state index is 13.0. The van der Waals surface area contributed by atoms with Crippen LogP contribution in [-0.4, -0.2) is 23.9 Å². The first kappa shape index (κ1) is 14.0. The fourth-order valence-electron chi connectivity index (χ4n) is 3.12. The Bertz CT molecular complexity index is 436. The van der Waals surface area contributed by atoms with E-state index in [1.807, 2.05) is 0 Å². The number of carbonyl (C=O) groups excluding carboxylic acids is 1. The summed E-state index contributed by atoms with van der Waals surface area (Å²) >= 11 is 0. The SMILES string of the molecule is C[C@@H]1C[C@H](C)CN([C@@H](C(N)=O)c2ccc(F)cc2)C1. The fraction of sp³-hybridized carbons (Fsp3) is 0.533. The number of piperidine rings is 1. The Hall–Kier alpha value is -1.42. The minimum absolute atomic E-state index is 0.299. The van der Waals surface area contributed by atoms with E-state index in [4.69, 9.17) is 5.73 Å². The van der Waals surface area contributed by atoms with Crippen LogP contribution in [0, 0.1) is 17.7 Å². The van der Waals surface area contributed by atoms with Gasteiger partial charge in [-0.1, -0.05) is 26.0 Å². The van der Waals surface area contributed by atoms with Crippen LogP contribution in [0.5, 0.6) is 0 Å². The molecule has 0 radical (unpaired) electrons. The molecule has 0 bridgehead atoms. The second-order valence-corrected chi connectivity index (χ2v) is 5.76. The van der Waals surface area contributed by atoms with Gasteiger partial charge in [-0.2, -0.15) is 0 Å². The third-order valence-electron chi connectivity index (χ3n) is 3.72. The molecule has 1 heterocycles. The highest BCUT2D eigenvalue weighted by atomic mass is 19.1. The van der Waals surface area contributed by atoms with E-state index < -0.39 is 6.04 Å². The van der Waals surface area contributed by atoms with E-state index in [-0.39, 0.29) is 11.7 Å².